The topological polar surface area (TPSA) is 86.7 Å². The Labute approximate surface area is 122 Å². The lowest BCUT2D eigenvalue weighted by Gasteiger charge is -2.37. The van der Waals surface area contributed by atoms with Crippen molar-refractivity contribution in [3.8, 4) is 0 Å². The van der Waals surface area contributed by atoms with Crippen LogP contribution in [-0.4, -0.2) is 39.4 Å². The summed E-state index contributed by atoms with van der Waals surface area (Å²) in [6, 6.07) is 5.65. The number of ketones is 1. The fraction of sp³-hybridized carbons (Fsp3) is 0.400. The second-order valence-corrected chi connectivity index (χ2v) is 6.00. The molecular formula is C15H18N2O4. The molecule has 0 spiro atoms. The van der Waals surface area contributed by atoms with E-state index in [0.29, 0.717) is 11.3 Å². The zero-order valence-corrected chi connectivity index (χ0v) is 12.2. The lowest BCUT2D eigenvalue weighted by atomic mass is 9.98. The van der Waals surface area contributed by atoms with Crippen LogP contribution >= 0.6 is 0 Å². The van der Waals surface area contributed by atoms with E-state index in [1.54, 1.807) is 45.0 Å². The average molecular weight is 290 g/mol. The first-order valence-electron chi connectivity index (χ1n) is 6.67. The molecule has 1 aromatic carbocycles. The number of carboxylic acid groups (broad SMARTS) is 1. The molecule has 0 radical (unpaired) electrons. The Balaban J connectivity index is 2.42. The molecule has 0 saturated heterocycles. The molecule has 2 N–H and O–H groups in total. The maximum absolute atomic E-state index is 12.3. The van der Waals surface area contributed by atoms with Crippen molar-refractivity contribution in [2.24, 2.45) is 0 Å². The van der Waals surface area contributed by atoms with Crippen molar-refractivity contribution in [1.82, 2.24) is 4.90 Å². The number of hydrogen-bond acceptors (Lipinski definition) is 3. The van der Waals surface area contributed by atoms with Crippen LogP contribution in [0.25, 0.3) is 0 Å². The maximum Gasteiger partial charge on any atom is 0.408 e. The lowest BCUT2D eigenvalue weighted by molar-refractivity contribution is -0.122. The molecule has 6 heteroatoms. The summed E-state index contributed by atoms with van der Waals surface area (Å²) in [7, 11) is 0. The zero-order valence-electron chi connectivity index (χ0n) is 12.2. The molecule has 0 bridgehead atoms. The minimum atomic E-state index is -1.22. The van der Waals surface area contributed by atoms with Crippen molar-refractivity contribution in [3.63, 3.8) is 0 Å². The second-order valence-electron chi connectivity index (χ2n) is 6.00. The number of benzene rings is 1. The molecular weight excluding hydrogens is 272 g/mol. The molecule has 0 fully saturated rings. The molecule has 1 aliphatic heterocycles. The van der Waals surface area contributed by atoms with Crippen LogP contribution in [0.4, 0.5) is 10.5 Å². The van der Waals surface area contributed by atoms with Crippen LogP contribution in [0.15, 0.2) is 24.3 Å². The summed E-state index contributed by atoms with van der Waals surface area (Å²) in [5.41, 5.74) is 0.0480. The standard InChI is InChI=1S/C15H18N2O4/c1-15(2,3)17(14(20)21)11-8-12(18)9-6-4-5-7-10(9)16-13(11)19/h4-7,11H,8H2,1-3H3,(H,16,19)(H,20,21)/t11-/m0/s1. The van der Waals surface area contributed by atoms with E-state index in [1.165, 1.54) is 0 Å². The number of nitrogens with one attached hydrogen (secondary N) is 1. The predicted molar refractivity (Wildman–Crippen MR) is 77.4 cm³/mol. The van der Waals surface area contributed by atoms with E-state index in [1.807, 2.05) is 0 Å². The Bertz CT molecular complexity index is 604. The van der Waals surface area contributed by atoms with Crippen molar-refractivity contribution in [2.45, 2.75) is 38.8 Å². The van der Waals surface area contributed by atoms with Gasteiger partial charge in [0.2, 0.25) is 5.91 Å². The summed E-state index contributed by atoms with van der Waals surface area (Å²) in [5, 5.41) is 12.1. The Morgan fingerprint density at radius 1 is 1.29 bits per heavy atom. The Morgan fingerprint density at radius 3 is 2.48 bits per heavy atom. The molecule has 0 aromatic heterocycles. The van der Waals surface area contributed by atoms with Gasteiger partial charge in [-0.25, -0.2) is 4.79 Å². The van der Waals surface area contributed by atoms with Crippen LogP contribution < -0.4 is 5.32 Å². The molecule has 21 heavy (non-hydrogen) atoms. The summed E-state index contributed by atoms with van der Waals surface area (Å²) in [6.45, 7) is 5.07. The molecule has 2 rings (SSSR count). The third kappa shape index (κ3) is 2.89. The van der Waals surface area contributed by atoms with E-state index in [0.717, 1.165) is 4.90 Å². The van der Waals surface area contributed by atoms with Crippen LogP contribution in [0.2, 0.25) is 0 Å². The lowest BCUT2D eigenvalue weighted by Crippen LogP contribution is -2.55. The van der Waals surface area contributed by atoms with Crippen molar-refractivity contribution < 1.29 is 19.5 Å². The fourth-order valence-electron chi connectivity index (χ4n) is 2.53. The number of hydrogen-bond donors (Lipinski definition) is 2. The van der Waals surface area contributed by atoms with E-state index in [2.05, 4.69) is 5.32 Å². The predicted octanol–water partition coefficient (Wildman–Crippen LogP) is 2.36. The monoisotopic (exact) mass is 290 g/mol. The highest BCUT2D eigenvalue weighted by Gasteiger charge is 2.40. The van der Waals surface area contributed by atoms with Crippen molar-refractivity contribution in [1.29, 1.82) is 0 Å². The molecule has 0 saturated carbocycles. The number of para-hydroxylation sites is 1. The largest absolute Gasteiger partial charge is 0.465 e. The quantitative estimate of drug-likeness (QED) is 0.831. The highest BCUT2D eigenvalue weighted by Crippen LogP contribution is 2.27. The highest BCUT2D eigenvalue weighted by molar-refractivity contribution is 6.11. The van der Waals surface area contributed by atoms with Crippen molar-refractivity contribution >= 4 is 23.5 Å². The van der Waals surface area contributed by atoms with Crippen LogP contribution in [0, 0.1) is 0 Å². The summed E-state index contributed by atoms with van der Waals surface area (Å²) in [4.78, 5) is 37.2. The first kappa shape index (κ1) is 15.0. The minimum Gasteiger partial charge on any atom is -0.465 e. The fourth-order valence-corrected chi connectivity index (χ4v) is 2.53. The molecule has 0 aliphatic carbocycles. The number of amides is 2. The van der Waals surface area contributed by atoms with Gasteiger partial charge in [-0.05, 0) is 32.9 Å². The summed E-state index contributed by atoms with van der Waals surface area (Å²) in [6.07, 6.45) is -1.38. The molecule has 0 unspecified atom stereocenters. The van der Waals surface area contributed by atoms with Crippen molar-refractivity contribution in [3.05, 3.63) is 29.8 Å². The first-order valence-corrected chi connectivity index (χ1v) is 6.67. The van der Waals surface area contributed by atoms with Gasteiger partial charge in [-0.1, -0.05) is 12.1 Å². The third-order valence-electron chi connectivity index (χ3n) is 3.41. The van der Waals surface area contributed by atoms with Gasteiger partial charge in [0.05, 0.1) is 5.69 Å². The van der Waals surface area contributed by atoms with Gasteiger partial charge in [0.25, 0.3) is 0 Å². The Kier molecular flexibility index (Phi) is 3.72. The number of Topliss-reactive ketones (excluding diaryl/α,β-unsaturated/α-hetero) is 1. The second kappa shape index (κ2) is 5.20. The Morgan fingerprint density at radius 2 is 1.90 bits per heavy atom. The third-order valence-corrected chi connectivity index (χ3v) is 3.41. The number of carbonyl (C=O) groups excluding carboxylic acids is 2. The van der Waals surface area contributed by atoms with Crippen LogP contribution in [0.3, 0.4) is 0 Å². The van der Waals surface area contributed by atoms with Crippen LogP contribution in [0.1, 0.15) is 37.6 Å². The maximum atomic E-state index is 12.3. The van der Waals surface area contributed by atoms with Crippen molar-refractivity contribution in [2.75, 3.05) is 5.32 Å². The first-order chi connectivity index (χ1) is 9.71. The zero-order chi connectivity index (χ0) is 15.8. The van der Waals surface area contributed by atoms with E-state index < -0.39 is 23.6 Å². The number of anilines is 1. The Hall–Kier alpha value is -2.37. The molecule has 1 atom stereocenters. The smallest absolute Gasteiger partial charge is 0.408 e. The van der Waals surface area contributed by atoms with Gasteiger partial charge in [-0.3, -0.25) is 14.5 Å². The number of carbonyl (C=O) groups is 3. The van der Waals surface area contributed by atoms with Gasteiger partial charge in [0.15, 0.2) is 5.78 Å². The minimum absolute atomic E-state index is 0.160. The average Bonchev–Trinajstić information content (AvgIpc) is 2.46. The summed E-state index contributed by atoms with van der Waals surface area (Å²) >= 11 is 0. The molecule has 2 amide bonds. The van der Waals surface area contributed by atoms with Crippen LogP contribution in [0.5, 0.6) is 0 Å². The molecule has 6 nitrogen and oxygen atoms in total. The highest BCUT2D eigenvalue weighted by atomic mass is 16.4. The SMILES string of the molecule is CC(C)(C)N(C(=O)O)[C@H]1CC(=O)c2ccccc2NC1=O. The van der Waals surface area contributed by atoms with E-state index >= 15 is 0 Å². The van der Waals surface area contributed by atoms with Crippen LogP contribution in [-0.2, 0) is 4.79 Å². The normalized spacial score (nSPS) is 18.5. The molecule has 1 heterocycles. The number of rotatable bonds is 1. The number of fused-ring (bicyclic) bond motifs is 1. The van der Waals surface area contributed by atoms with Gasteiger partial charge in [-0.2, -0.15) is 0 Å². The van der Waals surface area contributed by atoms with Gasteiger partial charge in [0, 0.05) is 17.5 Å². The number of nitrogens with zero attached hydrogens (tertiary/aromatic N) is 1. The summed E-state index contributed by atoms with van der Waals surface area (Å²) < 4.78 is 0. The molecule has 1 aliphatic rings. The molecule has 112 valence electrons. The molecule has 1 aromatic rings. The summed E-state index contributed by atoms with van der Waals surface area (Å²) in [5.74, 6) is -0.727. The van der Waals surface area contributed by atoms with E-state index in [9.17, 15) is 19.5 Å². The van der Waals surface area contributed by atoms with Gasteiger partial charge in [0.1, 0.15) is 6.04 Å². The van der Waals surface area contributed by atoms with Gasteiger partial charge < -0.3 is 10.4 Å². The van der Waals surface area contributed by atoms with E-state index in [4.69, 9.17) is 0 Å². The van der Waals surface area contributed by atoms with E-state index in [-0.39, 0.29) is 12.2 Å². The van der Waals surface area contributed by atoms with Gasteiger partial charge >= 0.3 is 6.09 Å². The van der Waals surface area contributed by atoms with Gasteiger partial charge in [-0.15, -0.1) is 0 Å².